The van der Waals surface area contributed by atoms with Gasteiger partial charge in [0.05, 0.1) is 6.10 Å². The molecule has 0 saturated heterocycles. The third kappa shape index (κ3) is 3.49. The molecule has 0 fully saturated rings. The summed E-state index contributed by atoms with van der Waals surface area (Å²) in [4.78, 5) is 11.2. The van der Waals surface area contributed by atoms with Gasteiger partial charge in [-0.25, -0.2) is 14.4 Å². The largest absolute Gasteiger partial charge is 0.488 e. The number of nitrogens with zero attached hydrogens (tertiary/aromatic N) is 2. The monoisotopic (exact) mass is 376 g/mol. The number of benzene rings is 1. The van der Waals surface area contributed by atoms with Gasteiger partial charge in [-0.1, -0.05) is 12.1 Å². The lowest BCUT2D eigenvalue weighted by Crippen LogP contribution is -2.20. The van der Waals surface area contributed by atoms with Crippen LogP contribution >= 0.6 is 23.1 Å². The summed E-state index contributed by atoms with van der Waals surface area (Å²) < 4.78 is 18.9. The molecule has 130 valence electrons. The zero-order valence-electron chi connectivity index (χ0n) is 13.4. The Balaban J connectivity index is 1.41. The zero-order chi connectivity index (χ0) is 17.2. The number of aliphatic hydroxyl groups excluding tert-OH is 1. The van der Waals surface area contributed by atoms with Crippen molar-refractivity contribution in [1.82, 2.24) is 9.97 Å². The summed E-state index contributed by atoms with van der Waals surface area (Å²) in [5.41, 5.74) is 1.38. The van der Waals surface area contributed by atoms with Gasteiger partial charge in [-0.15, -0.1) is 23.1 Å². The number of aryl methyl sites for hydroxylation is 2. The molecule has 0 unspecified atom stereocenters. The number of thioether (sulfide) groups is 1. The molecule has 4 rings (SSSR count). The smallest absolute Gasteiger partial charge is 0.165 e. The van der Waals surface area contributed by atoms with E-state index in [9.17, 15) is 9.50 Å². The first-order valence-corrected chi connectivity index (χ1v) is 9.96. The fraction of sp³-hybridized carbons (Fsp3) is 0.333. The van der Waals surface area contributed by atoms with Crippen LogP contribution in [-0.2, 0) is 12.8 Å². The van der Waals surface area contributed by atoms with Gasteiger partial charge in [-0.05, 0) is 37.0 Å². The van der Waals surface area contributed by atoms with E-state index in [2.05, 4.69) is 9.97 Å². The minimum atomic E-state index is -0.707. The van der Waals surface area contributed by atoms with E-state index in [4.69, 9.17) is 4.74 Å². The molecular formula is C18H17FN2O2S2. The van der Waals surface area contributed by atoms with Gasteiger partial charge in [0, 0.05) is 16.0 Å². The van der Waals surface area contributed by atoms with Crippen molar-refractivity contribution in [3.63, 3.8) is 0 Å². The van der Waals surface area contributed by atoms with Gasteiger partial charge >= 0.3 is 0 Å². The first-order valence-electron chi connectivity index (χ1n) is 8.16. The maximum Gasteiger partial charge on any atom is 0.165 e. The molecule has 3 aromatic rings. The summed E-state index contributed by atoms with van der Waals surface area (Å²) in [6.07, 6.45) is 4.27. The number of hydrogen-bond acceptors (Lipinski definition) is 6. The fourth-order valence-electron chi connectivity index (χ4n) is 2.98. The molecule has 1 aliphatic carbocycles. The third-order valence-electron chi connectivity index (χ3n) is 4.15. The van der Waals surface area contributed by atoms with E-state index < -0.39 is 11.9 Å². The lowest BCUT2D eigenvalue weighted by atomic mass is 10.2. The number of ether oxygens (including phenoxy) is 1. The van der Waals surface area contributed by atoms with E-state index in [0.29, 0.717) is 5.75 Å². The molecule has 2 aromatic heterocycles. The molecule has 0 aliphatic heterocycles. The van der Waals surface area contributed by atoms with Crippen LogP contribution < -0.4 is 4.74 Å². The average Bonchev–Trinajstić information content (AvgIpc) is 3.20. The molecule has 1 aliphatic rings. The second-order valence-electron chi connectivity index (χ2n) is 5.92. The van der Waals surface area contributed by atoms with Crippen LogP contribution in [0.3, 0.4) is 0 Å². The number of thiophene rings is 1. The highest BCUT2D eigenvalue weighted by Gasteiger charge is 2.21. The average molecular weight is 376 g/mol. The summed E-state index contributed by atoms with van der Waals surface area (Å²) >= 11 is 3.25. The summed E-state index contributed by atoms with van der Waals surface area (Å²) in [6.45, 7) is 0.0455. The van der Waals surface area contributed by atoms with Crippen molar-refractivity contribution in [2.24, 2.45) is 0 Å². The van der Waals surface area contributed by atoms with Crippen LogP contribution in [0.4, 0.5) is 4.39 Å². The Kier molecular flexibility index (Phi) is 4.87. The van der Waals surface area contributed by atoms with Crippen molar-refractivity contribution >= 4 is 33.3 Å². The minimum Gasteiger partial charge on any atom is -0.488 e. The molecule has 0 radical (unpaired) electrons. The van der Waals surface area contributed by atoms with Gasteiger partial charge in [0.1, 0.15) is 22.8 Å². The number of rotatable bonds is 6. The van der Waals surface area contributed by atoms with E-state index in [0.717, 1.165) is 28.1 Å². The van der Waals surface area contributed by atoms with Gasteiger partial charge in [0.15, 0.2) is 11.6 Å². The van der Waals surface area contributed by atoms with Gasteiger partial charge in [0.2, 0.25) is 0 Å². The van der Waals surface area contributed by atoms with Crippen LogP contribution in [0.15, 0.2) is 35.6 Å². The van der Waals surface area contributed by atoms with Crippen molar-refractivity contribution in [3.05, 3.63) is 46.9 Å². The van der Waals surface area contributed by atoms with E-state index in [1.165, 1.54) is 34.7 Å². The SMILES string of the molecule is O[C@H](COc1ccccc1F)CSc1ncnc2sc3c(c12)CCC3. The number of fused-ring (bicyclic) bond motifs is 3. The number of para-hydroxylation sites is 1. The summed E-state index contributed by atoms with van der Waals surface area (Å²) in [6, 6.07) is 6.20. The highest BCUT2D eigenvalue weighted by Crippen LogP contribution is 2.40. The second kappa shape index (κ2) is 7.27. The molecule has 0 spiro atoms. The highest BCUT2D eigenvalue weighted by molar-refractivity contribution is 7.99. The maximum atomic E-state index is 13.5. The van der Waals surface area contributed by atoms with Crippen LogP contribution in [0.2, 0.25) is 0 Å². The Bertz CT molecular complexity index is 900. The summed E-state index contributed by atoms with van der Waals surface area (Å²) in [5.74, 6) is 0.172. The number of aliphatic hydroxyl groups is 1. The van der Waals surface area contributed by atoms with E-state index in [1.54, 1.807) is 35.9 Å². The van der Waals surface area contributed by atoms with Crippen LogP contribution in [0.25, 0.3) is 10.2 Å². The normalized spacial score (nSPS) is 14.6. The Morgan fingerprint density at radius 3 is 3.04 bits per heavy atom. The van der Waals surface area contributed by atoms with Crippen LogP contribution in [0.1, 0.15) is 16.9 Å². The number of halogens is 1. The Labute approximate surface area is 153 Å². The van der Waals surface area contributed by atoms with Crippen molar-refractivity contribution in [2.75, 3.05) is 12.4 Å². The predicted octanol–water partition coefficient (Wildman–Crippen LogP) is 3.85. The highest BCUT2D eigenvalue weighted by atomic mass is 32.2. The minimum absolute atomic E-state index is 0.0455. The molecule has 0 amide bonds. The second-order valence-corrected chi connectivity index (χ2v) is 8.01. The van der Waals surface area contributed by atoms with Crippen molar-refractivity contribution in [1.29, 1.82) is 0 Å². The van der Waals surface area contributed by atoms with E-state index in [1.807, 2.05) is 0 Å². The number of aromatic nitrogens is 2. The standard InChI is InChI=1S/C18H17FN2O2S2/c19-13-5-1-2-6-14(13)23-8-11(22)9-24-17-16-12-4-3-7-15(12)25-18(16)21-10-20-17/h1-2,5-6,10-11,22H,3-4,7-9H2/t11-/m1/s1. The molecule has 0 saturated carbocycles. The van der Waals surface area contributed by atoms with E-state index >= 15 is 0 Å². The number of hydrogen-bond donors (Lipinski definition) is 1. The zero-order valence-corrected chi connectivity index (χ0v) is 15.1. The van der Waals surface area contributed by atoms with Gasteiger partial charge in [0.25, 0.3) is 0 Å². The molecule has 25 heavy (non-hydrogen) atoms. The van der Waals surface area contributed by atoms with Crippen molar-refractivity contribution in [2.45, 2.75) is 30.4 Å². The Hall–Kier alpha value is -1.70. The lowest BCUT2D eigenvalue weighted by Gasteiger charge is -2.12. The van der Waals surface area contributed by atoms with Crippen molar-refractivity contribution in [3.8, 4) is 5.75 Å². The Morgan fingerprint density at radius 1 is 1.28 bits per heavy atom. The molecule has 7 heteroatoms. The van der Waals surface area contributed by atoms with Gasteiger partial charge < -0.3 is 9.84 Å². The van der Waals surface area contributed by atoms with Gasteiger partial charge in [-0.3, -0.25) is 0 Å². The summed E-state index contributed by atoms with van der Waals surface area (Å²) in [7, 11) is 0. The van der Waals surface area contributed by atoms with Crippen LogP contribution in [0.5, 0.6) is 5.75 Å². The summed E-state index contributed by atoms with van der Waals surface area (Å²) in [5, 5.41) is 12.2. The topological polar surface area (TPSA) is 55.2 Å². The van der Waals surface area contributed by atoms with Crippen molar-refractivity contribution < 1.29 is 14.2 Å². The first kappa shape index (κ1) is 16.8. The Morgan fingerprint density at radius 2 is 2.16 bits per heavy atom. The van der Waals surface area contributed by atoms with Crippen LogP contribution in [-0.4, -0.2) is 33.5 Å². The van der Waals surface area contributed by atoms with Crippen LogP contribution in [0, 0.1) is 5.82 Å². The quantitative estimate of drug-likeness (QED) is 0.523. The maximum absolute atomic E-state index is 13.5. The lowest BCUT2D eigenvalue weighted by molar-refractivity contribution is 0.123. The van der Waals surface area contributed by atoms with Gasteiger partial charge in [-0.2, -0.15) is 0 Å². The molecule has 0 bridgehead atoms. The molecule has 1 N–H and O–H groups in total. The fourth-order valence-corrected chi connectivity index (χ4v) is 5.21. The molecular weight excluding hydrogens is 359 g/mol. The molecule has 1 aromatic carbocycles. The van der Waals surface area contributed by atoms with E-state index in [-0.39, 0.29) is 12.4 Å². The molecule has 4 nitrogen and oxygen atoms in total. The molecule has 2 heterocycles. The first-order chi connectivity index (χ1) is 12.2. The third-order valence-corrected chi connectivity index (χ3v) is 6.48. The molecule has 1 atom stereocenters. The predicted molar refractivity (Wildman–Crippen MR) is 98.1 cm³/mol.